The van der Waals surface area contributed by atoms with Crippen LogP contribution in [0.5, 0.6) is 0 Å². The third-order valence-electron chi connectivity index (χ3n) is 2.75. The van der Waals surface area contributed by atoms with Gasteiger partial charge in [-0.25, -0.2) is 4.39 Å². The summed E-state index contributed by atoms with van der Waals surface area (Å²) in [6.07, 6.45) is -0.547. The van der Waals surface area contributed by atoms with E-state index in [1.54, 1.807) is 13.2 Å². The average Bonchev–Trinajstić information content (AvgIpc) is 2.22. The molecule has 2 unspecified atom stereocenters. The summed E-state index contributed by atoms with van der Waals surface area (Å²) in [6.45, 7) is 3.95. The predicted octanol–water partition coefficient (Wildman–Crippen LogP) is 3.05. The highest BCUT2D eigenvalue weighted by Crippen LogP contribution is 2.21. The lowest BCUT2D eigenvalue weighted by Crippen LogP contribution is -2.34. The van der Waals surface area contributed by atoms with E-state index in [4.69, 9.17) is 16.3 Å². The monoisotopic (exact) mass is 260 g/mol. The van der Waals surface area contributed by atoms with Gasteiger partial charge in [0.1, 0.15) is 5.82 Å². The maximum absolute atomic E-state index is 12.9. The molecule has 0 aromatic heterocycles. The van der Waals surface area contributed by atoms with Gasteiger partial charge in [0.2, 0.25) is 0 Å². The van der Waals surface area contributed by atoms with Crippen LogP contribution >= 0.6 is 11.6 Å². The van der Waals surface area contributed by atoms with E-state index in [9.17, 15) is 9.50 Å². The molecule has 0 saturated carbocycles. The summed E-state index contributed by atoms with van der Waals surface area (Å²) in [4.78, 5) is 0. The molecule has 1 aromatic rings. The lowest BCUT2D eigenvalue weighted by Gasteiger charge is -2.25. The SMILES string of the molecule is COC(C(C)C)C(O)Cc1ccc(F)cc1Cl. The second-order valence-electron chi connectivity index (χ2n) is 4.45. The Bertz CT molecular complexity index is 368. The van der Waals surface area contributed by atoms with Crippen molar-refractivity contribution in [2.75, 3.05) is 7.11 Å². The number of aliphatic hydroxyl groups excluding tert-OH is 1. The van der Waals surface area contributed by atoms with Crippen molar-refractivity contribution >= 4 is 11.6 Å². The number of methoxy groups -OCH3 is 1. The largest absolute Gasteiger partial charge is 0.390 e. The van der Waals surface area contributed by atoms with Gasteiger partial charge in [-0.2, -0.15) is 0 Å². The Hall–Kier alpha value is -0.640. The summed E-state index contributed by atoms with van der Waals surface area (Å²) in [5.41, 5.74) is 0.725. The average molecular weight is 261 g/mol. The molecule has 0 amide bonds. The van der Waals surface area contributed by atoms with Crippen LogP contribution in [0.15, 0.2) is 18.2 Å². The van der Waals surface area contributed by atoms with Gasteiger partial charge >= 0.3 is 0 Å². The highest BCUT2D eigenvalue weighted by atomic mass is 35.5. The van der Waals surface area contributed by atoms with Crippen LogP contribution in [0.1, 0.15) is 19.4 Å². The van der Waals surface area contributed by atoms with Crippen molar-refractivity contribution < 1.29 is 14.2 Å². The van der Waals surface area contributed by atoms with Gasteiger partial charge in [0.25, 0.3) is 0 Å². The van der Waals surface area contributed by atoms with E-state index in [1.165, 1.54) is 12.1 Å². The molecule has 4 heteroatoms. The van der Waals surface area contributed by atoms with Crippen molar-refractivity contribution in [1.29, 1.82) is 0 Å². The number of hydrogen-bond acceptors (Lipinski definition) is 2. The maximum atomic E-state index is 12.9. The van der Waals surface area contributed by atoms with Crippen molar-refractivity contribution in [3.8, 4) is 0 Å². The fourth-order valence-electron chi connectivity index (χ4n) is 1.90. The Morgan fingerprint density at radius 2 is 2.06 bits per heavy atom. The van der Waals surface area contributed by atoms with Crippen LogP contribution in [0.2, 0.25) is 5.02 Å². The van der Waals surface area contributed by atoms with Gasteiger partial charge in [-0.05, 0) is 23.6 Å². The first-order chi connectivity index (χ1) is 7.95. The summed E-state index contributed by atoms with van der Waals surface area (Å²) < 4.78 is 18.1. The zero-order chi connectivity index (χ0) is 13.0. The quantitative estimate of drug-likeness (QED) is 0.882. The molecule has 2 atom stereocenters. The van der Waals surface area contributed by atoms with Gasteiger partial charge in [-0.3, -0.25) is 0 Å². The maximum Gasteiger partial charge on any atom is 0.124 e. The topological polar surface area (TPSA) is 29.5 Å². The van der Waals surface area contributed by atoms with E-state index in [2.05, 4.69) is 0 Å². The molecule has 0 aliphatic heterocycles. The van der Waals surface area contributed by atoms with Crippen LogP contribution in [0, 0.1) is 11.7 Å². The highest BCUT2D eigenvalue weighted by molar-refractivity contribution is 6.31. The third-order valence-corrected chi connectivity index (χ3v) is 3.10. The Kier molecular flexibility index (Phi) is 5.37. The van der Waals surface area contributed by atoms with Crippen molar-refractivity contribution in [2.45, 2.75) is 32.5 Å². The van der Waals surface area contributed by atoms with E-state index < -0.39 is 6.10 Å². The highest BCUT2D eigenvalue weighted by Gasteiger charge is 2.23. The van der Waals surface area contributed by atoms with Crippen LogP contribution < -0.4 is 0 Å². The molecular formula is C13H18ClFO2. The van der Waals surface area contributed by atoms with Gasteiger partial charge in [-0.15, -0.1) is 0 Å². The summed E-state index contributed by atoms with van der Waals surface area (Å²) in [5.74, 6) is -0.172. The van der Waals surface area contributed by atoms with E-state index in [-0.39, 0.29) is 17.8 Å². The van der Waals surface area contributed by atoms with Crippen molar-refractivity contribution in [1.82, 2.24) is 0 Å². The van der Waals surface area contributed by atoms with Gasteiger partial charge in [-0.1, -0.05) is 31.5 Å². The zero-order valence-electron chi connectivity index (χ0n) is 10.3. The fraction of sp³-hybridized carbons (Fsp3) is 0.538. The predicted molar refractivity (Wildman–Crippen MR) is 66.8 cm³/mol. The Balaban J connectivity index is 2.76. The van der Waals surface area contributed by atoms with Crippen molar-refractivity contribution in [2.24, 2.45) is 5.92 Å². The number of benzene rings is 1. The number of hydrogen-bond donors (Lipinski definition) is 1. The van der Waals surface area contributed by atoms with E-state index >= 15 is 0 Å². The minimum Gasteiger partial charge on any atom is -0.390 e. The minimum atomic E-state index is -0.650. The number of rotatable bonds is 5. The Morgan fingerprint density at radius 3 is 2.53 bits per heavy atom. The number of halogens is 2. The van der Waals surface area contributed by atoms with Crippen LogP contribution in [0.3, 0.4) is 0 Å². The molecule has 1 rings (SSSR count). The first-order valence-corrected chi connectivity index (χ1v) is 5.98. The molecule has 0 heterocycles. The second kappa shape index (κ2) is 6.34. The minimum absolute atomic E-state index is 0.203. The van der Waals surface area contributed by atoms with E-state index in [0.717, 1.165) is 5.56 Å². The Morgan fingerprint density at radius 1 is 1.41 bits per heavy atom. The molecule has 17 heavy (non-hydrogen) atoms. The summed E-state index contributed by atoms with van der Waals surface area (Å²) >= 11 is 5.91. The second-order valence-corrected chi connectivity index (χ2v) is 4.86. The molecule has 2 nitrogen and oxygen atoms in total. The summed E-state index contributed by atoms with van der Waals surface area (Å²) in [6, 6.07) is 4.18. The first-order valence-electron chi connectivity index (χ1n) is 5.60. The first kappa shape index (κ1) is 14.4. The molecule has 1 aromatic carbocycles. The molecule has 0 spiro atoms. The lowest BCUT2D eigenvalue weighted by molar-refractivity contribution is -0.0367. The molecule has 0 fully saturated rings. The molecule has 96 valence electrons. The van der Waals surface area contributed by atoms with Gasteiger partial charge < -0.3 is 9.84 Å². The Labute approximate surface area is 106 Å². The van der Waals surface area contributed by atoms with Crippen LogP contribution in [-0.2, 0) is 11.2 Å². The lowest BCUT2D eigenvalue weighted by atomic mass is 9.96. The standard InChI is InChI=1S/C13H18ClFO2/c1-8(2)13(17-3)12(16)6-9-4-5-10(15)7-11(9)14/h4-5,7-8,12-13,16H,6H2,1-3H3. The van der Waals surface area contributed by atoms with Crippen molar-refractivity contribution in [3.05, 3.63) is 34.6 Å². The van der Waals surface area contributed by atoms with E-state index in [1.807, 2.05) is 13.8 Å². The molecule has 0 saturated heterocycles. The van der Waals surface area contributed by atoms with Gasteiger partial charge in [0.15, 0.2) is 0 Å². The molecule has 0 bridgehead atoms. The van der Waals surface area contributed by atoms with Gasteiger partial charge in [0, 0.05) is 18.6 Å². The number of aliphatic hydroxyl groups is 1. The fourth-order valence-corrected chi connectivity index (χ4v) is 2.15. The molecule has 0 aliphatic rings. The van der Waals surface area contributed by atoms with Crippen LogP contribution in [-0.4, -0.2) is 24.4 Å². The summed E-state index contributed by atoms with van der Waals surface area (Å²) in [7, 11) is 1.57. The van der Waals surface area contributed by atoms with Crippen LogP contribution in [0.25, 0.3) is 0 Å². The summed E-state index contributed by atoms with van der Waals surface area (Å²) in [5, 5.41) is 10.4. The molecule has 0 aliphatic carbocycles. The van der Waals surface area contributed by atoms with Crippen LogP contribution in [0.4, 0.5) is 4.39 Å². The third kappa shape index (κ3) is 3.95. The molecule has 0 radical (unpaired) electrons. The smallest absolute Gasteiger partial charge is 0.124 e. The normalized spacial score (nSPS) is 15.0. The van der Waals surface area contributed by atoms with Crippen molar-refractivity contribution in [3.63, 3.8) is 0 Å². The van der Waals surface area contributed by atoms with E-state index in [0.29, 0.717) is 11.4 Å². The molecule has 1 N–H and O–H groups in total. The number of ether oxygens (including phenoxy) is 1. The zero-order valence-corrected chi connectivity index (χ0v) is 11.0. The van der Waals surface area contributed by atoms with Gasteiger partial charge in [0.05, 0.1) is 12.2 Å². The molecular weight excluding hydrogens is 243 g/mol.